The molecule has 26 heavy (non-hydrogen) atoms. The van der Waals surface area contributed by atoms with E-state index in [1.807, 2.05) is 24.3 Å². The topological polar surface area (TPSA) is 40.8 Å². The van der Waals surface area contributed by atoms with Crippen LogP contribution in [0.3, 0.4) is 0 Å². The van der Waals surface area contributed by atoms with Crippen molar-refractivity contribution in [3.63, 3.8) is 0 Å². The number of hydrogen-bond acceptors (Lipinski definition) is 2. The van der Waals surface area contributed by atoms with E-state index in [9.17, 15) is 5.41 Å². The zero-order valence-corrected chi connectivity index (χ0v) is 19.5. The Balaban J connectivity index is 0.00000169. The van der Waals surface area contributed by atoms with Crippen molar-refractivity contribution in [1.29, 1.82) is 0 Å². The molecule has 1 saturated heterocycles. The Hall–Kier alpha value is 0.346. The minimum absolute atomic E-state index is 0. The molecule has 2 aliphatic rings. The third kappa shape index (κ3) is 5.68. The first kappa shape index (κ1) is 24.4. The fourth-order valence-electron chi connectivity index (χ4n) is 3.84. The van der Waals surface area contributed by atoms with Crippen molar-refractivity contribution in [1.82, 2.24) is 0 Å². The van der Waals surface area contributed by atoms with Crippen LogP contribution in [-0.4, -0.2) is 47.8 Å². The van der Waals surface area contributed by atoms with E-state index in [1.165, 1.54) is 6.42 Å². The Morgan fingerprint density at radius 2 is 1.92 bits per heavy atom. The van der Waals surface area contributed by atoms with Crippen molar-refractivity contribution in [2.45, 2.75) is 70.2 Å². The van der Waals surface area contributed by atoms with Crippen molar-refractivity contribution < 1.29 is 26.5 Å². The average Bonchev–Trinajstić information content (AvgIpc) is 2.52. The summed E-state index contributed by atoms with van der Waals surface area (Å²) in [7, 11) is 0. The Labute approximate surface area is 189 Å². The van der Waals surface area contributed by atoms with Gasteiger partial charge in [-0.15, -0.1) is 0 Å². The number of hydrogen-bond donors (Lipinski definition) is 0. The van der Waals surface area contributed by atoms with Crippen LogP contribution in [0, 0.1) is 5.92 Å². The molecule has 1 saturated carbocycles. The maximum atomic E-state index is 10.8. The molecule has 0 spiro atoms. The summed E-state index contributed by atoms with van der Waals surface area (Å²) in [5, 5.41) is 11.6. The minimum Gasteiger partial charge on any atom is -1.00 e. The summed E-state index contributed by atoms with van der Waals surface area (Å²) in [4.78, 5) is 0. The fourth-order valence-corrected chi connectivity index (χ4v) is 3.96. The predicted molar refractivity (Wildman–Crippen MR) is 104 cm³/mol. The van der Waals surface area contributed by atoms with Gasteiger partial charge in [0, 0.05) is 11.6 Å². The number of halogens is 2. The van der Waals surface area contributed by atoms with Crippen LogP contribution in [0.5, 0.6) is 0 Å². The van der Waals surface area contributed by atoms with E-state index in [0.717, 1.165) is 49.3 Å². The van der Waals surface area contributed by atoms with Gasteiger partial charge in [0.1, 0.15) is 0 Å². The van der Waals surface area contributed by atoms with Crippen molar-refractivity contribution in [2.24, 2.45) is 5.92 Å². The number of benzene rings is 1. The maximum Gasteiger partial charge on any atom is 2.00 e. The van der Waals surface area contributed by atoms with Crippen LogP contribution in [-0.2, 0) is 14.9 Å². The molecule has 0 bridgehead atoms. The Morgan fingerprint density at radius 1 is 1.27 bits per heavy atom. The molecule has 140 valence electrons. The summed E-state index contributed by atoms with van der Waals surface area (Å²) >= 11 is 6.03. The van der Waals surface area contributed by atoms with E-state index in [-0.39, 0.29) is 57.8 Å². The zero-order valence-electron chi connectivity index (χ0n) is 15.7. The van der Waals surface area contributed by atoms with Gasteiger partial charge in [0.15, 0.2) is 6.29 Å². The Morgan fingerprint density at radius 3 is 2.46 bits per heavy atom. The van der Waals surface area contributed by atoms with E-state index >= 15 is 0 Å². The quantitative estimate of drug-likeness (QED) is 0.489. The van der Waals surface area contributed by atoms with Gasteiger partial charge >= 0.3 is 23.1 Å². The molecule has 1 aromatic carbocycles. The van der Waals surface area contributed by atoms with Gasteiger partial charge in [-0.2, -0.15) is 5.71 Å². The first-order valence-corrected chi connectivity index (χ1v) is 9.46. The standard InChI is InChI=1S/C20H27ClNO2.BrH.Mg/c1-14(2)11-18(22)20(15-6-8-16(21)9-7-15)12-17(13-20)24-19-5-3-4-10-23-19;;/h6-9,14,17,19H,3-5,10-13H2,1-2H3;1H;/q-1;;+2/p-1. The molecule has 1 heterocycles. The van der Waals surface area contributed by atoms with Gasteiger partial charge in [0.2, 0.25) is 0 Å². The van der Waals surface area contributed by atoms with Gasteiger partial charge in [0.25, 0.3) is 0 Å². The first-order valence-electron chi connectivity index (χ1n) is 9.08. The third-order valence-corrected chi connectivity index (χ3v) is 5.44. The number of rotatable bonds is 6. The van der Waals surface area contributed by atoms with Gasteiger partial charge in [-0.1, -0.05) is 44.0 Å². The van der Waals surface area contributed by atoms with E-state index in [4.69, 9.17) is 21.1 Å². The van der Waals surface area contributed by atoms with Crippen LogP contribution in [0.1, 0.15) is 57.9 Å². The first-order chi connectivity index (χ1) is 11.5. The molecule has 0 aromatic heterocycles. The van der Waals surface area contributed by atoms with Crippen molar-refractivity contribution in [2.75, 3.05) is 6.61 Å². The predicted octanol–water partition coefficient (Wildman–Crippen LogP) is 1.96. The molecule has 1 aliphatic heterocycles. The van der Waals surface area contributed by atoms with Crippen LogP contribution < -0.4 is 17.0 Å². The normalized spacial score (nSPS) is 27.8. The molecule has 1 aromatic rings. The summed E-state index contributed by atoms with van der Waals surface area (Å²) < 4.78 is 11.8. The molecule has 1 aliphatic carbocycles. The molecular formula is C20H27BrClMgNO2. The van der Waals surface area contributed by atoms with E-state index in [2.05, 4.69) is 13.8 Å². The second-order valence-corrected chi connectivity index (χ2v) is 8.03. The van der Waals surface area contributed by atoms with Crippen molar-refractivity contribution >= 4 is 40.4 Å². The Bertz CT molecular complexity index is 570. The molecule has 1 unspecified atom stereocenters. The molecule has 0 amide bonds. The van der Waals surface area contributed by atoms with Gasteiger partial charge in [-0.25, -0.2) is 0 Å². The molecule has 6 heteroatoms. The second-order valence-electron chi connectivity index (χ2n) is 7.60. The largest absolute Gasteiger partial charge is 2.00 e. The van der Waals surface area contributed by atoms with Crippen LogP contribution in [0.4, 0.5) is 0 Å². The van der Waals surface area contributed by atoms with Crippen LogP contribution in [0.25, 0.3) is 5.41 Å². The Kier molecular flexibility index (Phi) is 10.1. The zero-order chi connectivity index (χ0) is 17.2. The molecule has 3 rings (SSSR count). The van der Waals surface area contributed by atoms with Gasteiger partial charge in [-0.05, 0) is 61.1 Å². The van der Waals surface area contributed by atoms with Gasteiger partial charge in [0.05, 0.1) is 6.10 Å². The summed E-state index contributed by atoms with van der Waals surface area (Å²) in [6, 6.07) is 7.87. The smallest absolute Gasteiger partial charge is 1.00 e. The molecule has 0 radical (unpaired) electrons. The summed E-state index contributed by atoms with van der Waals surface area (Å²) in [5.74, 6) is 0.427. The van der Waals surface area contributed by atoms with E-state index in [0.29, 0.717) is 11.6 Å². The SMILES string of the molecule is CC(C)CC(=[N-])C1(c2ccc(Cl)cc2)CC(OC2CCCCO2)C1.[Br-].[Mg+2]. The summed E-state index contributed by atoms with van der Waals surface area (Å²) in [5.41, 5.74) is 1.41. The van der Waals surface area contributed by atoms with Gasteiger partial charge in [-0.3, -0.25) is 0 Å². The van der Waals surface area contributed by atoms with Crippen molar-refractivity contribution in [3.05, 3.63) is 40.3 Å². The number of nitrogens with zero attached hydrogens (tertiary/aromatic N) is 1. The average molecular weight is 453 g/mol. The number of ether oxygens (including phenoxy) is 2. The molecule has 0 N–H and O–H groups in total. The van der Waals surface area contributed by atoms with E-state index < -0.39 is 0 Å². The van der Waals surface area contributed by atoms with E-state index in [1.54, 1.807) is 0 Å². The van der Waals surface area contributed by atoms with Crippen molar-refractivity contribution in [3.8, 4) is 0 Å². The second kappa shape index (κ2) is 10.8. The summed E-state index contributed by atoms with van der Waals surface area (Å²) in [6.45, 7) is 5.06. The van der Waals surface area contributed by atoms with Gasteiger partial charge < -0.3 is 31.9 Å². The molecule has 3 nitrogen and oxygen atoms in total. The molecular weight excluding hydrogens is 426 g/mol. The van der Waals surface area contributed by atoms with Crippen LogP contribution in [0.2, 0.25) is 5.02 Å². The van der Waals surface area contributed by atoms with Crippen LogP contribution >= 0.6 is 11.6 Å². The van der Waals surface area contributed by atoms with Crippen LogP contribution in [0.15, 0.2) is 24.3 Å². The monoisotopic (exact) mass is 451 g/mol. The fraction of sp³-hybridized carbons (Fsp3) is 0.650. The third-order valence-electron chi connectivity index (χ3n) is 5.19. The minimum atomic E-state index is -0.297. The maximum absolute atomic E-state index is 10.8. The molecule has 2 fully saturated rings. The molecule has 1 atom stereocenters. The summed E-state index contributed by atoms with van der Waals surface area (Å²) in [6.07, 6.45) is 5.70.